The second kappa shape index (κ2) is 8.33. The zero-order valence-corrected chi connectivity index (χ0v) is 19.3. The predicted octanol–water partition coefficient (Wildman–Crippen LogP) is 2.04. The van der Waals surface area contributed by atoms with Gasteiger partial charge in [-0.15, -0.1) is 5.10 Å². The van der Waals surface area contributed by atoms with Gasteiger partial charge in [-0.1, -0.05) is 6.07 Å². The SMILES string of the molecule is CC1=C(N2CC[C@]3(CC[C@@H](N(C)[C@@H](C)c4ccc(-n5cnnn5)nc4)CC3)C2=O)COC1=O. The number of hydrogen-bond acceptors (Lipinski definition) is 8. The number of pyridine rings is 1. The number of esters is 1. The molecule has 2 aromatic heterocycles. The minimum Gasteiger partial charge on any atom is -0.456 e. The molecule has 0 unspecified atom stereocenters. The van der Waals surface area contributed by atoms with E-state index in [1.165, 1.54) is 11.0 Å². The molecular weight excluding hydrogens is 422 g/mol. The van der Waals surface area contributed by atoms with E-state index in [1.54, 1.807) is 6.92 Å². The fourth-order valence-electron chi connectivity index (χ4n) is 5.45. The van der Waals surface area contributed by atoms with Crippen LogP contribution in [0, 0.1) is 5.41 Å². The first kappa shape index (κ1) is 21.7. The summed E-state index contributed by atoms with van der Waals surface area (Å²) in [6, 6.07) is 4.59. The summed E-state index contributed by atoms with van der Waals surface area (Å²) in [7, 11) is 2.15. The van der Waals surface area contributed by atoms with Gasteiger partial charge in [-0.3, -0.25) is 9.69 Å². The number of ether oxygens (including phenoxy) is 1. The van der Waals surface area contributed by atoms with E-state index in [0.29, 0.717) is 24.0 Å². The van der Waals surface area contributed by atoms with Crippen LogP contribution in [-0.2, 0) is 14.3 Å². The number of likely N-dealkylation sites (tertiary alicyclic amines) is 1. The molecule has 33 heavy (non-hydrogen) atoms. The Morgan fingerprint density at radius 2 is 2.00 bits per heavy atom. The Labute approximate surface area is 192 Å². The second-order valence-electron chi connectivity index (χ2n) is 9.41. The lowest BCUT2D eigenvalue weighted by Crippen LogP contribution is -2.43. The molecule has 4 heterocycles. The molecule has 2 fully saturated rings. The van der Waals surface area contributed by atoms with E-state index in [4.69, 9.17) is 4.74 Å². The Kier molecular flexibility index (Phi) is 5.48. The van der Waals surface area contributed by atoms with Crippen molar-refractivity contribution < 1.29 is 14.3 Å². The Morgan fingerprint density at radius 1 is 1.21 bits per heavy atom. The Balaban J connectivity index is 1.22. The first-order chi connectivity index (χ1) is 15.9. The normalized spacial score (nSPS) is 26.5. The smallest absolute Gasteiger partial charge is 0.336 e. The molecular formula is C23H29N7O3. The van der Waals surface area contributed by atoms with Gasteiger partial charge >= 0.3 is 5.97 Å². The summed E-state index contributed by atoms with van der Waals surface area (Å²) in [5, 5.41) is 11.2. The van der Waals surface area contributed by atoms with Crippen molar-refractivity contribution in [2.24, 2.45) is 5.41 Å². The summed E-state index contributed by atoms with van der Waals surface area (Å²) in [6.45, 7) is 4.83. The van der Waals surface area contributed by atoms with Gasteiger partial charge in [0.2, 0.25) is 5.91 Å². The molecule has 1 atom stereocenters. The predicted molar refractivity (Wildman–Crippen MR) is 118 cm³/mol. The molecule has 0 aromatic carbocycles. The maximum Gasteiger partial charge on any atom is 0.336 e. The van der Waals surface area contributed by atoms with Crippen LogP contribution in [0.4, 0.5) is 0 Å². The Bertz CT molecular complexity index is 1070. The van der Waals surface area contributed by atoms with E-state index < -0.39 is 0 Å². The number of rotatable bonds is 5. The van der Waals surface area contributed by atoms with Crippen molar-refractivity contribution >= 4 is 11.9 Å². The van der Waals surface area contributed by atoms with Crippen LogP contribution in [0.5, 0.6) is 0 Å². The minimum atomic E-state index is -0.307. The summed E-state index contributed by atoms with van der Waals surface area (Å²) < 4.78 is 6.66. The third-order valence-corrected chi connectivity index (χ3v) is 7.85. The number of carbonyl (C=O) groups excluding carboxylic acids is 2. The molecule has 2 aliphatic heterocycles. The maximum atomic E-state index is 13.4. The summed E-state index contributed by atoms with van der Waals surface area (Å²) in [4.78, 5) is 33.8. The average Bonchev–Trinajstić information content (AvgIpc) is 3.56. The van der Waals surface area contributed by atoms with Gasteiger partial charge < -0.3 is 9.64 Å². The van der Waals surface area contributed by atoms with Crippen LogP contribution >= 0.6 is 0 Å². The van der Waals surface area contributed by atoms with Crippen molar-refractivity contribution in [3.8, 4) is 5.82 Å². The van der Waals surface area contributed by atoms with Crippen molar-refractivity contribution in [3.63, 3.8) is 0 Å². The van der Waals surface area contributed by atoms with E-state index in [1.807, 2.05) is 17.2 Å². The third kappa shape index (κ3) is 3.72. The molecule has 1 saturated carbocycles. The number of nitrogens with zero attached hydrogens (tertiary/aromatic N) is 7. The number of cyclic esters (lactones) is 1. The molecule has 174 valence electrons. The number of tetrazole rings is 1. The lowest BCUT2D eigenvalue weighted by molar-refractivity contribution is -0.138. The largest absolute Gasteiger partial charge is 0.456 e. The highest BCUT2D eigenvalue weighted by Gasteiger charge is 2.50. The maximum absolute atomic E-state index is 13.4. The highest BCUT2D eigenvalue weighted by Crippen LogP contribution is 2.47. The summed E-state index contributed by atoms with van der Waals surface area (Å²) >= 11 is 0. The van der Waals surface area contributed by atoms with Gasteiger partial charge in [0.1, 0.15) is 12.9 Å². The minimum absolute atomic E-state index is 0.173. The molecule has 10 nitrogen and oxygen atoms in total. The van der Waals surface area contributed by atoms with E-state index in [9.17, 15) is 9.59 Å². The zero-order chi connectivity index (χ0) is 23.2. The number of aromatic nitrogens is 5. The van der Waals surface area contributed by atoms with Crippen LogP contribution < -0.4 is 0 Å². The van der Waals surface area contributed by atoms with Crippen molar-refractivity contribution in [1.29, 1.82) is 0 Å². The first-order valence-electron chi connectivity index (χ1n) is 11.5. The van der Waals surface area contributed by atoms with E-state index >= 15 is 0 Å². The molecule has 1 spiro atoms. The molecule has 10 heteroatoms. The topological polar surface area (TPSA) is 106 Å². The average molecular weight is 452 g/mol. The van der Waals surface area contributed by atoms with E-state index in [2.05, 4.69) is 45.4 Å². The van der Waals surface area contributed by atoms with Crippen molar-refractivity contribution in [2.45, 2.75) is 58.0 Å². The van der Waals surface area contributed by atoms with Gasteiger partial charge in [0.05, 0.1) is 16.7 Å². The Morgan fingerprint density at radius 3 is 2.61 bits per heavy atom. The van der Waals surface area contributed by atoms with Gasteiger partial charge in [0.15, 0.2) is 5.82 Å². The quantitative estimate of drug-likeness (QED) is 0.636. The van der Waals surface area contributed by atoms with E-state index in [-0.39, 0.29) is 29.9 Å². The number of carbonyl (C=O) groups is 2. The molecule has 0 N–H and O–H groups in total. The molecule has 5 rings (SSSR count). The fraction of sp³-hybridized carbons (Fsp3) is 0.565. The van der Waals surface area contributed by atoms with Gasteiger partial charge in [-0.2, -0.15) is 4.68 Å². The molecule has 1 aliphatic carbocycles. The molecule has 3 aliphatic rings. The van der Waals surface area contributed by atoms with Crippen LogP contribution in [0.15, 0.2) is 35.9 Å². The highest BCUT2D eigenvalue weighted by atomic mass is 16.5. The van der Waals surface area contributed by atoms with Crippen LogP contribution in [0.25, 0.3) is 5.82 Å². The van der Waals surface area contributed by atoms with Gasteiger partial charge in [-0.25, -0.2) is 9.78 Å². The molecule has 0 radical (unpaired) electrons. The van der Waals surface area contributed by atoms with Gasteiger partial charge in [0.25, 0.3) is 0 Å². The van der Waals surface area contributed by atoms with Gasteiger partial charge in [-0.05, 0) is 75.1 Å². The third-order valence-electron chi connectivity index (χ3n) is 7.85. The summed E-state index contributed by atoms with van der Waals surface area (Å²) in [5.74, 6) is 0.549. The first-order valence-corrected chi connectivity index (χ1v) is 11.5. The fourth-order valence-corrected chi connectivity index (χ4v) is 5.45. The molecule has 2 aromatic rings. The summed E-state index contributed by atoms with van der Waals surface area (Å²) in [5.41, 5.74) is 2.16. The van der Waals surface area contributed by atoms with Crippen LogP contribution in [0.3, 0.4) is 0 Å². The standard InChI is InChI=1S/C23H29N7O3/c1-15-19(13-33-21(15)31)29-11-10-23(22(29)32)8-6-18(7-9-23)28(3)16(2)17-4-5-20(24-12-17)30-14-25-26-27-30/h4-5,12,14,16,18H,6-11,13H2,1-3H3/t16-,18-,23-/m0/s1. The Hall–Kier alpha value is -3.14. The number of amides is 1. The van der Waals surface area contributed by atoms with Crippen molar-refractivity contribution in [2.75, 3.05) is 20.2 Å². The second-order valence-corrected chi connectivity index (χ2v) is 9.41. The zero-order valence-electron chi connectivity index (χ0n) is 19.3. The van der Waals surface area contributed by atoms with E-state index in [0.717, 1.165) is 43.4 Å². The molecule has 1 saturated heterocycles. The van der Waals surface area contributed by atoms with Crippen LogP contribution in [0.2, 0.25) is 0 Å². The highest BCUT2D eigenvalue weighted by molar-refractivity contribution is 5.94. The summed E-state index contributed by atoms with van der Waals surface area (Å²) in [6.07, 6.45) is 7.96. The lowest BCUT2D eigenvalue weighted by Gasteiger charge is -2.41. The number of hydrogen-bond donors (Lipinski definition) is 0. The van der Waals surface area contributed by atoms with Gasteiger partial charge in [0, 0.05) is 24.8 Å². The van der Waals surface area contributed by atoms with Crippen LogP contribution in [-0.4, -0.2) is 73.1 Å². The molecule has 1 amide bonds. The lowest BCUT2D eigenvalue weighted by atomic mass is 9.71. The monoisotopic (exact) mass is 451 g/mol. The van der Waals surface area contributed by atoms with Crippen LogP contribution in [0.1, 0.15) is 57.6 Å². The molecule has 0 bridgehead atoms. The van der Waals surface area contributed by atoms with Crippen molar-refractivity contribution in [3.05, 3.63) is 41.5 Å². The van der Waals surface area contributed by atoms with Crippen molar-refractivity contribution in [1.82, 2.24) is 35.0 Å².